The molecule has 1 heterocycles. The highest BCUT2D eigenvalue weighted by atomic mass is 16.6. The smallest absolute Gasteiger partial charge is 0.408 e. The molecule has 0 aromatic heterocycles. The molecule has 0 radical (unpaired) electrons. The van der Waals surface area contributed by atoms with E-state index in [1.165, 1.54) is 0 Å². The lowest BCUT2D eigenvalue weighted by atomic mass is 9.46. The number of ether oxygens (including phenoxy) is 3. The second-order valence-corrected chi connectivity index (χ2v) is 11.9. The Morgan fingerprint density at radius 3 is 2.61 bits per heavy atom. The molecule has 36 heavy (non-hydrogen) atoms. The van der Waals surface area contributed by atoms with Gasteiger partial charge in [0.1, 0.15) is 18.8 Å². The fraction of sp³-hybridized carbons (Fsp3) is 0.741. The average molecular weight is 508 g/mol. The summed E-state index contributed by atoms with van der Waals surface area (Å²) < 4.78 is 15.7. The zero-order valence-corrected chi connectivity index (χ0v) is 22.1. The molecule has 1 saturated heterocycles. The van der Waals surface area contributed by atoms with Gasteiger partial charge in [-0.05, 0) is 70.1 Å². The Balaban J connectivity index is 1.69. The first kappa shape index (κ1) is 28.2. The number of cyclic esters (lactones) is 1. The monoisotopic (exact) mass is 507 g/mol. The molecule has 6 atom stereocenters. The van der Waals surface area contributed by atoms with Gasteiger partial charge in [0.2, 0.25) is 0 Å². The van der Waals surface area contributed by atoms with Gasteiger partial charge in [-0.1, -0.05) is 32.1 Å². The van der Waals surface area contributed by atoms with Crippen LogP contribution in [0.4, 0.5) is 4.79 Å². The summed E-state index contributed by atoms with van der Waals surface area (Å²) in [6.07, 6.45) is 3.16. The van der Waals surface area contributed by atoms with Gasteiger partial charge in [0.05, 0.1) is 18.3 Å². The van der Waals surface area contributed by atoms with Crippen LogP contribution in [0, 0.1) is 22.7 Å². The first-order chi connectivity index (χ1) is 16.7. The first-order valence-electron chi connectivity index (χ1n) is 12.7. The molecule has 202 valence electrons. The number of hydrogen-bond acceptors (Lipinski definition) is 8. The van der Waals surface area contributed by atoms with E-state index in [4.69, 9.17) is 14.2 Å². The highest BCUT2D eigenvalue weighted by molar-refractivity contribution is 5.92. The minimum absolute atomic E-state index is 0.0423. The molecule has 0 bridgehead atoms. The van der Waals surface area contributed by atoms with Gasteiger partial charge in [0.15, 0.2) is 6.10 Å². The van der Waals surface area contributed by atoms with Gasteiger partial charge in [0, 0.05) is 5.41 Å². The van der Waals surface area contributed by atoms with Crippen molar-refractivity contribution in [1.82, 2.24) is 5.32 Å². The van der Waals surface area contributed by atoms with E-state index >= 15 is 0 Å². The maximum atomic E-state index is 12.4. The number of alkyl carbamates (subject to hydrolysis) is 1. The Hall–Kier alpha value is -2.39. The number of fused-ring (bicyclic) bond motifs is 1. The van der Waals surface area contributed by atoms with Crippen LogP contribution < -0.4 is 5.32 Å². The molecule has 9 heteroatoms. The van der Waals surface area contributed by atoms with Gasteiger partial charge in [-0.25, -0.2) is 9.59 Å². The molecular formula is C27H41NO8. The second kappa shape index (κ2) is 10.5. The lowest BCUT2D eigenvalue weighted by molar-refractivity contribution is -0.151. The van der Waals surface area contributed by atoms with Crippen molar-refractivity contribution in [3.8, 4) is 0 Å². The molecule has 0 aromatic carbocycles. The third-order valence-corrected chi connectivity index (χ3v) is 8.26. The number of carbonyl (C=O) groups excluding carboxylic acids is 3. The molecule has 3 aliphatic rings. The van der Waals surface area contributed by atoms with Crippen LogP contribution in [0.3, 0.4) is 0 Å². The van der Waals surface area contributed by atoms with Crippen LogP contribution in [0.5, 0.6) is 0 Å². The van der Waals surface area contributed by atoms with Gasteiger partial charge >= 0.3 is 18.0 Å². The molecule has 9 nitrogen and oxygen atoms in total. The van der Waals surface area contributed by atoms with Crippen molar-refractivity contribution in [3.05, 3.63) is 23.8 Å². The van der Waals surface area contributed by atoms with Crippen molar-refractivity contribution < 1.29 is 38.8 Å². The largest absolute Gasteiger partial charge is 0.458 e. The maximum Gasteiger partial charge on any atom is 0.408 e. The summed E-state index contributed by atoms with van der Waals surface area (Å²) in [5.74, 6) is -1.09. The number of amides is 1. The van der Waals surface area contributed by atoms with Crippen LogP contribution in [0.25, 0.3) is 0 Å². The Bertz CT molecular complexity index is 921. The van der Waals surface area contributed by atoms with Gasteiger partial charge in [-0.15, -0.1) is 0 Å². The van der Waals surface area contributed by atoms with E-state index in [0.717, 1.165) is 24.8 Å². The molecule has 2 unspecified atom stereocenters. The highest BCUT2D eigenvalue weighted by Crippen LogP contribution is 2.61. The van der Waals surface area contributed by atoms with Crippen LogP contribution in [-0.4, -0.2) is 65.8 Å². The average Bonchev–Trinajstić information content (AvgIpc) is 3.12. The van der Waals surface area contributed by atoms with Gasteiger partial charge < -0.3 is 29.7 Å². The summed E-state index contributed by atoms with van der Waals surface area (Å²) in [6.45, 7) is 13.0. The fourth-order valence-corrected chi connectivity index (χ4v) is 6.31. The lowest BCUT2D eigenvalue weighted by Gasteiger charge is -2.59. The third-order valence-electron chi connectivity index (χ3n) is 8.26. The fourth-order valence-electron chi connectivity index (χ4n) is 6.31. The summed E-state index contributed by atoms with van der Waals surface area (Å²) in [5.41, 5.74) is -0.122. The van der Waals surface area contributed by atoms with E-state index in [-0.39, 0.29) is 36.0 Å². The summed E-state index contributed by atoms with van der Waals surface area (Å²) in [4.78, 5) is 36.5. The highest BCUT2D eigenvalue weighted by Gasteiger charge is 2.57. The molecule has 3 N–H and O–H groups in total. The third kappa shape index (κ3) is 5.78. The number of aliphatic hydroxyl groups is 2. The molecule has 2 saturated carbocycles. The van der Waals surface area contributed by atoms with Gasteiger partial charge in [0.25, 0.3) is 0 Å². The number of nitrogens with one attached hydrogen (secondary N) is 1. The number of carbonyl (C=O) groups is 3. The van der Waals surface area contributed by atoms with Gasteiger partial charge in [-0.3, -0.25) is 4.79 Å². The molecule has 3 fully saturated rings. The van der Waals surface area contributed by atoms with Crippen molar-refractivity contribution in [2.45, 2.75) is 84.5 Å². The first-order valence-corrected chi connectivity index (χ1v) is 12.7. The molecule has 2 aliphatic carbocycles. The van der Waals surface area contributed by atoms with Crippen LogP contribution in [-0.2, 0) is 23.8 Å². The lowest BCUT2D eigenvalue weighted by Crippen LogP contribution is -2.57. The van der Waals surface area contributed by atoms with E-state index in [0.29, 0.717) is 12.8 Å². The zero-order valence-electron chi connectivity index (χ0n) is 22.1. The quantitative estimate of drug-likeness (QED) is 0.216. The maximum absolute atomic E-state index is 12.4. The number of hydrogen-bond donors (Lipinski definition) is 3. The van der Waals surface area contributed by atoms with Crippen LogP contribution in [0.15, 0.2) is 23.8 Å². The van der Waals surface area contributed by atoms with Crippen molar-refractivity contribution in [1.29, 1.82) is 0 Å². The van der Waals surface area contributed by atoms with E-state index in [1.807, 2.05) is 6.92 Å². The summed E-state index contributed by atoms with van der Waals surface area (Å²) in [6, 6.07) is 0. The minimum Gasteiger partial charge on any atom is -0.458 e. The number of esters is 2. The van der Waals surface area contributed by atoms with Crippen LogP contribution in [0.1, 0.15) is 66.7 Å². The summed E-state index contributed by atoms with van der Waals surface area (Å²) in [7, 11) is 0. The molecule has 3 rings (SSSR count). The summed E-state index contributed by atoms with van der Waals surface area (Å²) >= 11 is 0. The minimum atomic E-state index is -0.859. The molecule has 1 amide bonds. The Kier molecular flexibility index (Phi) is 8.25. The number of allylic oxidation sites excluding steroid dienone is 2. The van der Waals surface area contributed by atoms with E-state index in [9.17, 15) is 24.6 Å². The second-order valence-electron chi connectivity index (χ2n) is 11.9. The standard InChI is InChI=1S/C27H41NO8/c1-16-7-10-20-26(5,12-11-21(30)27(20,6)15-29)18(16)9-8-17-19(14-34-23(17)32)35-22(31)13-28-24(33)36-25(2,3)4/h8,18-21,29-30H,1,7,9-15H2,2-6H3,(H,28,33)/b17-8-/t18-,19?,20?,21-,26+,27+/m1/s1. The normalized spacial score (nSPS) is 35.7. The van der Waals surface area contributed by atoms with Crippen LogP contribution >= 0.6 is 0 Å². The van der Waals surface area contributed by atoms with Crippen molar-refractivity contribution in [2.75, 3.05) is 19.8 Å². The van der Waals surface area contributed by atoms with E-state index < -0.39 is 47.8 Å². The molecule has 0 spiro atoms. The number of rotatable bonds is 6. The van der Waals surface area contributed by atoms with E-state index in [2.05, 4.69) is 18.8 Å². The Morgan fingerprint density at radius 1 is 1.28 bits per heavy atom. The SMILES string of the molecule is C=C1CCC2[C@](C)(CO)[C@H](O)CC[C@@]2(C)[C@@H]1C/C=C1\C(=O)OCC1OC(=O)CNC(=O)OC(C)(C)C. The molecule has 1 aliphatic heterocycles. The van der Waals surface area contributed by atoms with Crippen molar-refractivity contribution in [3.63, 3.8) is 0 Å². The molecular weight excluding hydrogens is 466 g/mol. The van der Waals surface area contributed by atoms with Crippen molar-refractivity contribution >= 4 is 18.0 Å². The Labute approximate surface area is 213 Å². The van der Waals surface area contributed by atoms with Crippen LogP contribution in [0.2, 0.25) is 0 Å². The Morgan fingerprint density at radius 2 is 1.97 bits per heavy atom. The number of aliphatic hydroxyl groups excluding tert-OH is 2. The predicted molar refractivity (Wildman–Crippen MR) is 132 cm³/mol. The van der Waals surface area contributed by atoms with Crippen molar-refractivity contribution in [2.24, 2.45) is 22.7 Å². The van der Waals surface area contributed by atoms with Gasteiger partial charge in [-0.2, -0.15) is 0 Å². The predicted octanol–water partition coefficient (Wildman–Crippen LogP) is 3.04. The summed E-state index contributed by atoms with van der Waals surface area (Å²) in [5, 5.41) is 23.2. The van der Waals surface area contributed by atoms with E-state index in [1.54, 1.807) is 26.8 Å². The topological polar surface area (TPSA) is 131 Å². The zero-order chi connectivity index (χ0) is 26.9. The molecule has 0 aromatic rings.